The Kier molecular flexibility index (Phi) is 3.52. The summed E-state index contributed by atoms with van der Waals surface area (Å²) in [7, 11) is 0. The first-order valence-corrected chi connectivity index (χ1v) is 7.28. The molecule has 1 heterocycles. The summed E-state index contributed by atoms with van der Waals surface area (Å²) in [6, 6.07) is 7.45. The van der Waals surface area contributed by atoms with Gasteiger partial charge >= 0.3 is 0 Å². The molecule has 0 radical (unpaired) electrons. The Morgan fingerprint density at radius 3 is 2.65 bits per heavy atom. The molecule has 0 spiro atoms. The van der Waals surface area contributed by atoms with Crippen LogP contribution in [0, 0.1) is 11.8 Å². The molecule has 106 valence electrons. The fraction of sp³-hybridized carbons (Fsp3) is 0.467. The zero-order chi connectivity index (χ0) is 14.2. The first-order chi connectivity index (χ1) is 9.59. The van der Waals surface area contributed by atoms with Gasteiger partial charge in [-0.3, -0.25) is 0 Å². The highest BCUT2D eigenvalue weighted by Crippen LogP contribution is 2.46. The SMILES string of the molecule is CC(C1CC1)C(O)(Cn1cncn1)c1ccc(Cl)cc1. The van der Waals surface area contributed by atoms with E-state index in [9.17, 15) is 5.11 Å². The Morgan fingerprint density at radius 2 is 2.10 bits per heavy atom. The van der Waals surface area contributed by atoms with Crippen molar-refractivity contribution in [3.8, 4) is 0 Å². The van der Waals surface area contributed by atoms with Crippen molar-refractivity contribution in [1.29, 1.82) is 0 Å². The summed E-state index contributed by atoms with van der Waals surface area (Å²) < 4.78 is 1.69. The molecule has 1 aromatic heterocycles. The van der Waals surface area contributed by atoms with Crippen LogP contribution >= 0.6 is 11.6 Å². The fourth-order valence-corrected chi connectivity index (χ4v) is 2.91. The summed E-state index contributed by atoms with van der Waals surface area (Å²) in [5.74, 6) is 0.757. The number of benzene rings is 1. The standard InChI is InChI=1S/C15H18ClN3O/c1-11(12-2-3-12)15(20,8-19-10-17-9-18-19)13-4-6-14(16)7-5-13/h4-7,9-12,20H,2-3,8H2,1H3. The molecule has 20 heavy (non-hydrogen) atoms. The summed E-state index contributed by atoms with van der Waals surface area (Å²) >= 11 is 5.95. The highest BCUT2D eigenvalue weighted by Gasteiger charge is 2.44. The van der Waals surface area contributed by atoms with Crippen molar-refractivity contribution in [1.82, 2.24) is 14.8 Å². The smallest absolute Gasteiger partial charge is 0.137 e. The predicted molar refractivity (Wildman–Crippen MR) is 77.3 cm³/mol. The average molecular weight is 292 g/mol. The number of halogens is 1. The van der Waals surface area contributed by atoms with Gasteiger partial charge in [-0.1, -0.05) is 30.7 Å². The second-order valence-corrected chi connectivity index (χ2v) is 6.09. The van der Waals surface area contributed by atoms with Gasteiger partial charge in [0.05, 0.1) is 6.54 Å². The summed E-state index contributed by atoms with van der Waals surface area (Å²) in [6.07, 6.45) is 5.51. The van der Waals surface area contributed by atoms with E-state index in [1.165, 1.54) is 19.2 Å². The lowest BCUT2D eigenvalue weighted by Crippen LogP contribution is -2.39. The largest absolute Gasteiger partial charge is 0.383 e. The first-order valence-electron chi connectivity index (χ1n) is 6.90. The van der Waals surface area contributed by atoms with Crippen LogP contribution in [-0.4, -0.2) is 19.9 Å². The van der Waals surface area contributed by atoms with E-state index in [0.717, 1.165) is 5.56 Å². The number of hydrogen-bond acceptors (Lipinski definition) is 3. The van der Waals surface area contributed by atoms with Crippen LogP contribution in [0.25, 0.3) is 0 Å². The monoisotopic (exact) mass is 291 g/mol. The Hall–Kier alpha value is -1.39. The van der Waals surface area contributed by atoms with Crippen LogP contribution in [0.3, 0.4) is 0 Å². The van der Waals surface area contributed by atoms with Crippen LogP contribution in [0.5, 0.6) is 0 Å². The van der Waals surface area contributed by atoms with Crippen molar-refractivity contribution < 1.29 is 5.11 Å². The van der Waals surface area contributed by atoms with E-state index in [0.29, 0.717) is 17.5 Å². The maximum atomic E-state index is 11.3. The molecule has 3 rings (SSSR count). The molecule has 0 aliphatic heterocycles. The number of rotatable bonds is 5. The molecule has 2 aromatic rings. The van der Waals surface area contributed by atoms with Crippen molar-refractivity contribution >= 4 is 11.6 Å². The van der Waals surface area contributed by atoms with Crippen LogP contribution in [0.2, 0.25) is 5.02 Å². The predicted octanol–water partition coefficient (Wildman–Crippen LogP) is 2.87. The van der Waals surface area contributed by atoms with Crippen LogP contribution in [0.1, 0.15) is 25.3 Å². The molecule has 0 amide bonds. The molecule has 4 nitrogen and oxygen atoms in total. The molecule has 1 N–H and O–H groups in total. The zero-order valence-corrected chi connectivity index (χ0v) is 12.2. The Labute approximate surface area is 123 Å². The highest BCUT2D eigenvalue weighted by atomic mass is 35.5. The maximum absolute atomic E-state index is 11.3. The van der Waals surface area contributed by atoms with Gasteiger partial charge < -0.3 is 5.11 Å². The molecular formula is C15H18ClN3O. The minimum absolute atomic E-state index is 0.174. The van der Waals surface area contributed by atoms with E-state index in [-0.39, 0.29) is 5.92 Å². The molecule has 0 saturated heterocycles. The van der Waals surface area contributed by atoms with Crippen molar-refractivity contribution in [3.63, 3.8) is 0 Å². The lowest BCUT2D eigenvalue weighted by Gasteiger charge is -2.35. The van der Waals surface area contributed by atoms with Crippen LogP contribution in [0.15, 0.2) is 36.9 Å². The molecule has 1 aliphatic rings. The minimum Gasteiger partial charge on any atom is -0.383 e. The van der Waals surface area contributed by atoms with Crippen molar-refractivity contribution in [2.75, 3.05) is 0 Å². The van der Waals surface area contributed by atoms with E-state index >= 15 is 0 Å². The van der Waals surface area contributed by atoms with Gasteiger partial charge in [-0.2, -0.15) is 5.10 Å². The summed E-state index contributed by atoms with van der Waals surface area (Å²) in [6.45, 7) is 2.52. The topological polar surface area (TPSA) is 50.9 Å². The van der Waals surface area contributed by atoms with Gasteiger partial charge in [0, 0.05) is 5.02 Å². The zero-order valence-electron chi connectivity index (χ0n) is 11.4. The van der Waals surface area contributed by atoms with Crippen LogP contribution in [-0.2, 0) is 12.1 Å². The van der Waals surface area contributed by atoms with E-state index in [4.69, 9.17) is 11.6 Å². The van der Waals surface area contributed by atoms with Gasteiger partial charge in [0.1, 0.15) is 18.3 Å². The van der Waals surface area contributed by atoms with Gasteiger partial charge in [-0.25, -0.2) is 9.67 Å². The molecule has 0 bridgehead atoms. The fourth-order valence-electron chi connectivity index (χ4n) is 2.78. The average Bonchev–Trinajstić information content (AvgIpc) is 3.17. The summed E-state index contributed by atoms with van der Waals surface area (Å²) in [5.41, 5.74) is -0.0591. The van der Waals surface area contributed by atoms with Gasteiger partial charge in [-0.15, -0.1) is 0 Å². The third-order valence-electron chi connectivity index (χ3n) is 4.30. The van der Waals surface area contributed by atoms with Gasteiger partial charge in [0.25, 0.3) is 0 Å². The summed E-state index contributed by atoms with van der Waals surface area (Å²) in [4.78, 5) is 3.95. The number of nitrogens with zero attached hydrogens (tertiary/aromatic N) is 3. The van der Waals surface area contributed by atoms with Crippen molar-refractivity contribution in [2.45, 2.75) is 31.9 Å². The van der Waals surface area contributed by atoms with Gasteiger partial charge in [0.2, 0.25) is 0 Å². The lowest BCUT2D eigenvalue weighted by molar-refractivity contribution is -0.0442. The molecule has 5 heteroatoms. The summed E-state index contributed by atoms with van der Waals surface area (Å²) in [5, 5.41) is 16.1. The van der Waals surface area contributed by atoms with Crippen molar-refractivity contribution in [3.05, 3.63) is 47.5 Å². The Bertz CT molecular complexity index is 565. The third-order valence-corrected chi connectivity index (χ3v) is 4.55. The second-order valence-electron chi connectivity index (χ2n) is 5.65. The Balaban J connectivity index is 1.95. The van der Waals surface area contributed by atoms with E-state index in [1.807, 2.05) is 24.3 Å². The van der Waals surface area contributed by atoms with E-state index < -0.39 is 5.60 Å². The lowest BCUT2D eigenvalue weighted by atomic mass is 9.79. The molecule has 2 atom stereocenters. The van der Waals surface area contributed by atoms with E-state index in [1.54, 1.807) is 11.0 Å². The quantitative estimate of drug-likeness (QED) is 0.921. The molecule has 1 aromatic carbocycles. The maximum Gasteiger partial charge on any atom is 0.137 e. The first kappa shape index (κ1) is 13.6. The van der Waals surface area contributed by atoms with Crippen molar-refractivity contribution in [2.24, 2.45) is 11.8 Å². The molecule has 1 saturated carbocycles. The number of aromatic nitrogens is 3. The Morgan fingerprint density at radius 1 is 1.40 bits per heavy atom. The molecule has 1 fully saturated rings. The number of hydrogen-bond donors (Lipinski definition) is 1. The van der Waals surface area contributed by atoms with Crippen LogP contribution < -0.4 is 0 Å². The van der Waals surface area contributed by atoms with Gasteiger partial charge in [0.15, 0.2) is 0 Å². The number of aliphatic hydroxyl groups is 1. The normalized spacial score (nSPS) is 19.6. The minimum atomic E-state index is -0.945. The highest BCUT2D eigenvalue weighted by molar-refractivity contribution is 6.30. The second kappa shape index (κ2) is 5.19. The third kappa shape index (κ3) is 2.58. The molecule has 2 unspecified atom stereocenters. The molecular weight excluding hydrogens is 274 g/mol. The molecule has 1 aliphatic carbocycles. The van der Waals surface area contributed by atoms with E-state index in [2.05, 4.69) is 17.0 Å². The van der Waals surface area contributed by atoms with Gasteiger partial charge in [-0.05, 0) is 42.4 Å². The van der Waals surface area contributed by atoms with Crippen LogP contribution in [0.4, 0.5) is 0 Å².